The minimum Gasteiger partial charge on any atom is -0.392 e. The zero-order valence-electron chi connectivity index (χ0n) is 10.2. The number of aliphatic hydroxyl groups excluding tert-OH is 1. The summed E-state index contributed by atoms with van der Waals surface area (Å²) in [7, 11) is 0. The SMILES string of the molecule is CC1(Cn2cc(CC(O)C3CC3)nn2)COC1. The van der Waals surface area contributed by atoms with Crippen LogP contribution in [0.1, 0.15) is 25.5 Å². The maximum atomic E-state index is 9.84. The molecule has 3 rings (SSSR count). The molecule has 1 atom stereocenters. The van der Waals surface area contributed by atoms with E-state index in [1.807, 2.05) is 10.9 Å². The lowest BCUT2D eigenvalue weighted by molar-refractivity contribution is -0.111. The quantitative estimate of drug-likeness (QED) is 0.816. The molecule has 1 aliphatic heterocycles. The van der Waals surface area contributed by atoms with Gasteiger partial charge in [0.25, 0.3) is 0 Å². The van der Waals surface area contributed by atoms with Gasteiger partial charge >= 0.3 is 0 Å². The van der Waals surface area contributed by atoms with E-state index in [0.29, 0.717) is 12.3 Å². The molecule has 2 heterocycles. The minimum atomic E-state index is -0.234. The van der Waals surface area contributed by atoms with Crippen molar-refractivity contribution < 1.29 is 9.84 Å². The summed E-state index contributed by atoms with van der Waals surface area (Å²) in [5.41, 5.74) is 1.10. The van der Waals surface area contributed by atoms with Gasteiger partial charge in [-0.2, -0.15) is 0 Å². The third-order valence-corrected chi connectivity index (χ3v) is 3.62. The number of nitrogens with zero attached hydrogens (tertiary/aromatic N) is 3. The molecule has 1 N–H and O–H groups in total. The van der Waals surface area contributed by atoms with Gasteiger partial charge in [0.2, 0.25) is 0 Å². The Morgan fingerprint density at radius 3 is 2.94 bits per heavy atom. The summed E-state index contributed by atoms with van der Waals surface area (Å²) < 4.78 is 7.09. The summed E-state index contributed by atoms with van der Waals surface area (Å²) in [4.78, 5) is 0. The zero-order valence-corrected chi connectivity index (χ0v) is 10.2. The standard InChI is InChI=1S/C12H19N3O2/c1-12(7-17-8-12)6-15-5-10(13-14-15)4-11(16)9-2-3-9/h5,9,11,16H,2-4,6-8H2,1H3. The van der Waals surface area contributed by atoms with Crippen LogP contribution in [0.25, 0.3) is 0 Å². The lowest BCUT2D eigenvalue weighted by atomic mass is 9.89. The monoisotopic (exact) mass is 237 g/mol. The number of aromatic nitrogens is 3. The van der Waals surface area contributed by atoms with E-state index in [-0.39, 0.29) is 11.5 Å². The first-order valence-electron chi connectivity index (χ1n) is 6.29. The van der Waals surface area contributed by atoms with Crippen molar-refractivity contribution >= 4 is 0 Å². The Balaban J connectivity index is 1.57. The number of ether oxygens (including phenoxy) is 1. The highest BCUT2D eigenvalue weighted by molar-refractivity contribution is 4.98. The van der Waals surface area contributed by atoms with Crippen molar-refractivity contribution in [3.63, 3.8) is 0 Å². The van der Waals surface area contributed by atoms with Crippen molar-refractivity contribution in [2.45, 2.75) is 38.8 Å². The van der Waals surface area contributed by atoms with Gasteiger partial charge < -0.3 is 9.84 Å². The Hall–Kier alpha value is -0.940. The van der Waals surface area contributed by atoms with Gasteiger partial charge in [0.05, 0.1) is 31.6 Å². The Bertz CT molecular complexity index is 396. The molecule has 5 heteroatoms. The molecule has 0 spiro atoms. The van der Waals surface area contributed by atoms with E-state index in [1.165, 1.54) is 0 Å². The zero-order chi connectivity index (χ0) is 11.9. The Morgan fingerprint density at radius 1 is 1.59 bits per heavy atom. The van der Waals surface area contributed by atoms with Gasteiger partial charge in [-0.1, -0.05) is 12.1 Å². The summed E-state index contributed by atoms with van der Waals surface area (Å²) in [5.74, 6) is 0.498. The predicted octanol–water partition coefficient (Wildman–Crippen LogP) is 0.628. The fourth-order valence-corrected chi connectivity index (χ4v) is 2.30. The van der Waals surface area contributed by atoms with E-state index < -0.39 is 0 Å². The molecule has 1 aliphatic carbocycles. The smallest absolute Gasteiger partial charge is 0.0852 e. The van der Waals surface area contributed by atoms with Crippen LogP contribution in [-0.4, -0.2) is 39.4 Å². The largest absolute Gasteiger partial charge is 0.392 e. The van der Waals surface area contributed by atoms with Crippen LogP contribution < -0.4 is 0 Å². The number of hydrogen-bond acceptors (Lipinski definition) is 4. The molecule has 1 unspecified atom stereocenters. The van der Waals surface area contributed by atoms with E-state index in [4.69, 9.17) is 4.74 Å². The van der Waals surface area contributed by atoms with Gasteiger partial charge in [-0.3, -0.25) is 4.68 Å². The number of aliphatic hydroxyl groups is 1. The average molecular weight is 237 g/mol. The van der Waals surface area contributed by atoms with Crippen LogP contribution in [0.5, 0.6) is 0 Å². The second-order valence-electron chi connectivity index (χ2n) is 5.82. The van der Waals surface area contributed by atoms with Crippen LogP contribution in [-0.2, 0) is 17.7 Å². The highest BCUT2D eigenvalue weighted by Gasteiger charge is 2.34. The summed E-state index contributed by atoms with van der Waals surface area (Å²) in [6, 6.07) is 0. The van der Waals surface area contributed by atoms with Crippen molar-refractivity contribution in [1.29, 1.82) is 0 Å². The molecule has 0 aromatic carbocycles. The summed E-state index contributed by atoms with van der Waals surface area (Å²) in [6.07, 6.45) is 4.67. The van der Waals surface area contributed by atoms with Gasteiger partial charge in [0, 0.05) is 18.0 Å². The first-order chi connectivity index (χ1) is 8.15. The number of rotatable bonds is 5. The molecule has 94 valence electrons. The summed E-state index contributed by atoms with van der Waals surface area (Å²) in [6.45, 7) is 4.64. The highest BCUT2D eigenvalue weighted by atomic mass is 16.5. The minimum absolute atomic E-state index is 0.208. The highest BCUT2D eigenvalue weighted by Crippen LogP contribution is 2.33. The van der Waals surface area contributed by atoms with E-state index >= 15 is 0 Å². The molecule has 0 bridgehead atoms. The predicted molar refractivity (Wildman–Crippen MR) is 61.4 cm³/mol. The van der Waals surface area contributed by atoms with E-state index in [1.54, 1.807) is 0 Å². The molecule has 0 amide bonds. The molecule has 1 aromatic heterocycles. The molecule has 1 saturated heterocycles. The topological polar surface area (TPSA) is 60.2 Å². The fourth-order valence-electron chi connectivity index (χ4n) is 2.30. The Kier molecular flexibility index (Phi) is 2.67. The van der Waals surface area contributed by atoms with Gasteiger partial charge in [-0.25, -0.2) is 0 Å². The average Bonchev–Trinajstić information content (AvgIpc) is 3.01. The van der Waals surface area contributed by atoms with E-state index in [2.05, 4.69) is 17.2 Å². The Morgan fingerprint density at radius 2 is 2.35 bits per heavy atom. The molecule has 1 aromatic rings. The van der Waals surface area contributed by atoms with Gasteiger partial charge in [0.1, 0.15) is 0 Å². The second-order valence-corrected chi connectivity index (χ2v) is 5.82. The van der Waals surface area contributed by atoms with E-state index in [0.717, 1.165) is 38.3 Å². The maximum Gasteiger partial charge on any atom is 0.0852 e. The molecule has 2 aliphatic rings. The summed E-state index contributed by atoms with van der Waals surface area (Å²) in [5, 5.41) is 18.1. The lowest BCUT2D eigenvalue weighted by Crippen LogP contribution is -2.43. The normalized spacial score (nSPS) is 24.4. The van der Waals surface area contributed by atoms with Gasteiger partial charge in [0.15, 0.2) is 0 Å². The van der Waals surface area contributed by atoms with Crippen molar-refractivity contribution in [1.82, 2.24) is 15.0 Å². The van der Waals surface area contributed by atoms with Crippen molar-refractivity contribution in [2.24, 2.45) is 11.3 Å². The third kappa shape index (κ3) is 2.50. The van der Waals surface area contributed by atoms with Crippen LogP contribution in [0, 0.1) is 11.3 Å². The number of hydrogen-bond donors (Lipinski definition) is 1. The molecule has 5 nitrogen and oxygen atoms in total. The van der Waals surface area contributed by atoms with Crippen LogP contribution in [0.2, 0.25) is 0 Å². The lowest BCUT2D eigenvalue weighted by Gasteiger charge is -2.37. The second kappa shape index (κ2) is 4.07. The molecule has 0 radical (unpaired) electrons. The molecule has 17 heavy (non-hydrogen) atoms. The molecule has 1 saturated carbocycles. The molecular weight excluding hydrogens is 218 g/mol. The third-order valence-electron chi connectivity index (χ3n) is 3.62. The van der Waals surface area contributed by atoms with Gasteiger partial charge in [-0.15, -0.1) is 5.10 Å². The van der Waals surface area contributed by atoms with Crippen LogP contribution >= 0.6 is 0 Å². The van der Waals surface area contributed by atoms with Crippen molar-refractivity contribution in [3.05, 3.63) is 11.9 Å². The maximum absolute atomic E-state index is 9.84. The fraction of sp³-hybridized carbons (Fsp3) is 0.833. The first kappa shape index (κ1) is 11.2. The van der Waals surface area contributed by atoms with Gasteiger partial charge in [-0.05, 0) is 18.8 Å². The van der Waals surface area contributed by atoms with E-state index in [9.17, 15) is 5.11 Å². The first-order valence-corrected chi connectivity index (χ1v) is 6.29. The molecular formula is C12H19N3O2. The van der Waals surface area contributed by atoms with Crippen molar-refractivity contribution in [2.75, 3.05) is 13.2 Å². The van der Waals surface area contributed by atoms with Crippen LogP contribution in [0.4, 0.5) is 0 Å². The van der Waals surface area contributed by atoms with Crippen molar-refractivity contribution in [3.8, 4) is 0 Å². The molecule has 2 fully saturated rings. The van der Waals surface area contributed by atoms with Crippen LogP contribution in [0.3, 0.4) is 0 Å². The summed E-state index contributed by atoms with van der Waals surface area (Å²) >= 11 is 0. The Labute approximate surface area is 101 Å². The van der Waals surface area contributed by atoms with Crippen LogP contribution in [0.15, 0.2) is 6.20 Å².